The molecule has 1 saturated heterocycles. The zero-order chi connectivity index (χ0) is 20.6. The molecule has 1 fully saturated rings. The molecule has 0 aromatic heterocycles. The Morgan fingerprint density at radius 1 is 1.10 bits per heavy atom. The monoisotopic (exact) mass is 461 g/mol. The minimum absolute atomic E-state index is 0.275. The molecule has 0 atom stereocenters. The van der Waals surface area contributed by atoms with Gasteiger partial charge in [0.15, 0.2) is 0 Å². The Morgan fingerprint density at radius 2 is 1.83 bits per heavy atom. The Kier molecular flexibility index (Phi) is 7.52. The summed E-state index contributed by atoms with van der Waals surface area (Å²) in [6.45, 7) is 2.11. The van der Waals surface area contributed by atoms with Gasteiger partial charge in [0.1, 0.15) is 12.4 Å². The van der Waals surface area contributed by atoms with Crippen molar-refractivity contribution in [3.63, 3.8) is 0 Å². The van der Waals surface area contributed by atoms with Crippen LogP contribution in [-0.4, -0.2) is 43.8 Å². The summed E-state index contributed by atoms with van der Waals surface area (Å²) < 4.78 is 16.8. The first-order valence-corrected chi connectivity index (χ1v) is 10.3. The summed E-state index contributed by atoms with van der Waals surface area (Å²) in [5, 5.41) is 0. The third-order valence-electron chi connectivity index (χ3n) is 4.86. The summed E-state index contributed by atoms with van der Waals surface area (Å²) >= 11 is 3.39. The van der Waals surface area contributed by atoms with Crippen LogP contribution in [0.15, 0.2) is 53.0 Å². The van der Waals surface area contributed by atoms with Crippen LogP contribution in [0.25, 0.3) is 0 Å². The number of piperidine rings is 1. The van der Waals surface area contributed by atoms with Gasteiger partial charge < -0.3 is 19.1 Å². The van der Waals surface area contributed by atoms with E-state index in [-0.39, 0.29) is 12.7 Å². The van der Waals surface area contributed by atoms with Gasteiger partial charge in [0.2, 0.25) is 0 Å². The van der Waals surface area contributed by atoms with Crippen LogP contribution in [0.2, 0.25) is 0 Å². The molecule has 1 heterocycles. The van der Waals surface area contributed by atoms with Gasteiger partial charge in [0.25, 0.3) is 0 Å². The highest BCUT2D eigenvalue weighted by atomic mass is 79.9. The fourth-order valence-corrected chi connectivity index (χ4v) is 3.66. The lowest BCUT2D eigenvalue weighted by atomic mass is 9.98. The molecule has 2 aromatic carbocycles. The van der Waals surface area contributed by atoms with Crippen molar-refractivity contribution in [2.75, 3.05) is 26.8 Å². The summed E-state index contributed by atoms with van der Waals surface area (Å²) in [6, 6.07) is 14.8. The zero-order valence-corrected chi connectivity index (χ0v) is 17.9. The molecule has 0 unspecified atom stereocenters. The topological polar surface area (TPSA) is 65.1 Å². The number of benzene rings is 2. The molecule has 0 bridgehead atoms. The number of esters is 1. The van der Waals surface area contributed by atoms with Crippen LogP contribution < -0.4 is 4.74 Å². The standard InChI is InChI=1S/C22H24BrNO5/c1-27-21(25)18-11-19(23)13-20(12-18)28-14-17-7-9-24(10-8-17)22(26)29-15-16-5-3-2-4-6-16/h2-6,11-13,17H,7-10,14-15H2,1H3. The van der Waals surface area contributed by atoms with Gasteiger partial charge in [0, 0.05) is 17.6 Å². The van der Waals surface area contributed by atoms with Crippen LogP contribution in [0.3, 0.4) is 0 Å². The molecule has 6 nitrogen and oxygen atoms in total. The molecule has 1 aliphatic heterocycles. The van der Waals surface area contributed by atoms with Gasteiger partial charge in [-0.1, -0.05) is 46.3 Å². The van der Waals surface area contributed by atoms with Crippen LogP contribution in [0, 0.1) is 5.92 Å². The number of amides is 1. The highest BCUT2D eigenvalue weighted by Gasteiger charge is 2.24. The number of nitrogens with zero attached hydrogens (tertiary/aromatic N) is 1. The first-order valence-electron chi connectivity index (χ1n) is 9.52. The molecular weight excluding hydrogens is 438 g/mol. The second kappa shape index (κ2) is 10.3. The predicted molar refractivity (Wildman–Crippen MR) is 112 cm³/mol. The fourth-order valence-electron chi connectivity index (χ4n) is 3.19. The lowest BCUT2D eigenvalue weighted by molar-refractivity contribution is 0.0600. The first-order chi connectivity index (χ1) is 14.0. The van der Waals surface area contributed by atoms with E-state index in [4.69, 9.17) is 14.2 Å². The highest BCUT2D eigenvalue weighted by molar-refractivity contribution is 9.10. The molecule has 0 radical (unpaired) electrons. The highest BCUT2D eigenvalue weighted by Crippen LogP contribution is 2.24. The number of carbonyl (C=O) groups excluding carboxylic acids is 2. The second-order valence-corrected chi connectivity index (χ2v) is 7.86. The molecule has 7 heteroatoms. The van der Waals surface area contributed by atoms with E-state index in [9.17, 15) is 9.59 Å². The van der Waals surface area contributed by atoms with E-state index in [1.807, 2.05) is 36.4 Å². The number of hydrogen-bond donors (Lipinski definition) is 0. The number of rotatable bonds is 6. The SMILES string of the molecule is COC(=O)c1cc(Br)cc(OCC2CCN(C(=O)OCc3ccccc3)CC2)c1. The van der Waals surface area contributed by atoms with Crippen molar-refractivity contribution in [2.24, 2.45) is 5.92 Å². The van der Waals surface area contributed by atoms with Crippen molar-refractivity contribution < 1.29 is 23.8 Å². The van der Waals surface area contributed by atoms with Crippen molar-refractivity contribution in [3.05, 3.63) is 64.1 Å². The van der Waals surface area contributed by atoms with E-state index in [1.165, 1.54) is 7.11 Å². The molecule has 2 aromatic rings. The molecule has 0 saturated carbocycles. The van der Waals surface area contributed by atoms with Crippen molar-refractivity contribution in [3.8, 4) is 5.75 Å². The minimum atomic E-state index is -0.404. The quantitative estimate of drug-likeness (QED) is 0.585. The fraction of sp³-hybridized carbons (Fsp3) is 0.364. The van der Waals surface area contributed by atoms with Crippen LogP contribution in [0.1, 0.15) is 28.8 Å². The predicted octanol–water partition coefficient (Wildman–Crippen LogP) is 4.66. The average molecular weight is 462 g/mol. The van der Waals surface area contributed by atoms with Gasteiger partial charge >= 0.3 is 12.1 Å². The third kappa shape index (κ3) is 6.22. The third-order valence-corrected chi connectivity index (χ3v) is 5.31. The van der Waals surface area contributed by atoms with Crippen molar-refractivity contribution >= 4 is 28.0 Å². The maximum absolute atomic E-state index is 12.2. The van der Waals surface area contributed by atoms with Gasteiger partial charge in [-0.05, 0) is 42.5 Å². The zero-order valence-electron chi connectivity index (χ0n) is 16.3. The molecule has 1 aliphatic rings. The number of ether oxygens (including phenoxy) is 3. The van der Waals surface area contributed by atoms with E-state index in [1.54, 1.807) is 17.0 Å². The minimum Gasteiger partial charge on any atom is -0.493 e. The Balaban J connectivity index is 1.43. The molecular formula is C22H24BrNO5. The normalized spacial score (nSPS) is 14.3. The maximum Gasteiger partial charge on any atom is 0.410 e. The van der Waals surface area contributed by atoms with E-state index >= 15 is 0 Å². The average Bonchev–Trinajstić information content (AvgIpc) is 2.76. The number of carbonyl (C=O) groups is 2. The summed E-state index contributed by atoms with van der Waals surface area (Å²) in [6.07, 6.45) is 1.42. The summed E-state index contributed by atoms with van der Waals surface area (Å²) in [5.41, 5.74) is 1.41. The van der Waals surface area contributed by atoms with Crippen LogP contribution >= 0.6 is 15.9 Å². The van der Waals surface area contributed by atoms with E-state index in [0.717, 1.165) is 22.9 Å². The molecule has 154 valence electrons. The van der Waals surface area contributed by atoms with Gasteiger partial charge in [0.05, 0.1) is 19.3 Å². The Labute approximate surface area is 178 Å². The molecule has 0 N–H and O–H groups in total. The maximum atomic E-state index is 12.2. The second-order valence-electron chi connectivity index (χ2n) is 6.95. The number of hydrogen-bond acceptors (Lipinski definition) is 5. The van der Waals surface area contributed by atoms with E-state index in [2.05, 4.69) is 15.9 Å². The molecule has 29 heavy (non-hydrogen) atoms. The van der Waals surface area contributed by atoms with Crippen molar-refractivity contribution in [2.45, 2.75) is 19.4 Å². The Hall–Kier alpha value is -2.54. The van der Waals surface area contributed by atoms with Crippen LogP contribution in [0.4, 0.5) is 4.79 Å². The van der Waals surface area contributed by atoms with Gasteiger partial charge in [-0.15, -0.1) is 0 Å². The molecule has 0 spiro atoms. The van der Waals surface area contributed by atoms with Gasteiger partial charge in [-0.3, -0.25) is 0 Å². The van der Waals surface area contributed by atoms with Crippen LogP contribution in [-0.2, 0) is 16.1 Å². The lowest BCUT2D eigenvalue weighted by Gasteiger charge is -2.31. The molecule has 0 aliphatic carbocycles. The van der Waals surface area contributed by atoms with Crippen molar-refractivity contribution in [1.82, 2.24) is 4.90 Å². The number of likely N-dealkylation sites (tertiary alicyclic amines) is 1. The summed E-state index contributed by atoms with van der Waals surface area (Å²) in [7, 11) is 1.35. The summed E-state index contributed by atoms with van der Waals surface area (Å²) in [4.78, 5) is 25.7. The number of methoxy groups -OCH3 is 1. The Bertz CT molecular complexity index is 834. The molecule has 3 rings (SSSR count). The molecule has 1 amide bonds. The van der Waals surface area contributed by atoms with Crippen molar-refractivity contribution in [1.29, 1.82) is 0 Å². The number of halogens is 1. The smallest absolute Gasteiger partial charge is 0.410 e. The van der Waals surface area contributed by atoms with E-state index < -0.39 is 5.97 Å². The van der Waals surface area contributed by atoms with Gasteiger partial charge in [-0.25, -0.2) is 9.59 Å². The van der Waals surface area contributed by atoms with Gasteiger partial charge in [-0.2, -0.15) is 0 Å². The first kappa shape index (κ1) is 21.2. The lowest BCUT2D eigenvalue weighted by Crippen LogP contribution is -2.39. The Morgan fingerprint density at radius 3 is 2.52 bits per heavy atom. The van der Waals surface area contributed by atoms with Crippen LogP contribution in [0.5, 0.6) is 5.75 Å². The summed E-state index contributed by atoms with van der Waals surface area (Å²) in [5.74, 6) is 0.552. The largest absolute Gasteiger partial charge is 0.493 e. The van der Waals surface area contributed by atoms with E-state index in [0.29, 0.717) is 36.9 Å².